The molecule has 0 saturated carbocycles. The fraction of sp³-hybridized carbons (Fsp3) is 0. The third kappa shape index (κ3) is 8.86. The van der Waals surface area contributed by atoms with Gasteiger partial charge in [0.2, 0.25) is 0 Å². The van der Waals surface area contributed by atoms with E-state index in [1.54, 1.807) is 0 Å². The molecule has 0 amide bonds. The summed E-state index contributed by atoms with van der Waals surface area (Å²) in [6.07, 6.45) is 0. The monoisotopic (exact) mass is 516 g/mol. The van der Waals surface area contributed by atoms with Gasteiger partial charge in [-0.25, -0.2) is 0 Å². The van der Waals surface area contributed by atoms with Crippen LogP contribution in [0.2, 0.25) is 0 Å². The normalized spacial score (nSPS) is 0. The van der Waals surface area contributed by atoms with Crippen molar-refractivity contribution < 1.29 is 88.2 Å². The molecule has 0 spiro atoms. The zero-order valence-corrected chi connectivity index (χ0v) is 7.94. The number of hydrogen-bond donors (Lipinski definition) is 0. The van der Waals surface area contributed by atoms with Gasteiger partial charge in [0, 0.05) is 88.2 Å². The van der Waals surface area contributed by atoms with Crippen LogP contribution in [0.5, 0.6) is 0 Å². The average Bonchev–Trinajstić information content (AvgIpc) is 0. The molecule has 0 rings (SSSR count). The summed E-state index contributed by atoms with van der Waals surface area (Å²) in [6.45, 7) is 0. The zero-order chi connectivity index (χ0) is 0. The van der Waals surface area contributed by atoms with Crippen molar-refractivity contribution in [1.29, 1.82) is 0 Å². The first kappa shape index (κ1) is 28.5. The molecule has 0 nitrogen and oxygen atoms in total. The molecule has 3 radical (unpaired) electrons. The Bertz CT molecular complexity index is 3.25. The first-order valence-corrected chi connectivity index (χ1v) is 0. The molecule has 0 heterocycles. The maximum atomic E-state index is 0. The first-order chi connectivity index (χ1) is 0. The standard InChI is InChI=1S/3Ag.Pt. The van der Waals surface area contributed by atoms with Crippen molar-refractivity contribution in [2.75, 3.05) is 0 Å². The Morgan fingerprint density at radius 3 is 0.500 bits per heavy atom. The molecule has 0 fully saturated rings. The van der Waals surface area contributed by atoms with Crippen LogP contribution >= 0.6 is 0 Å². The molecule has 0 bridgehead atoms. The smallest absolute Gasteiger partial charge is 0 e. The van der Waals surface area contributed by atoms with Gasteiger partial charge in [0.05, 0.1) is 0 Å². The largest absolute Gasteiger partial charge is 0 e. The van der Waals surface area contributed by atoms with Crippen molar-refractivity contribution in [2.24, 2.45) is 0 Å². The van der Waals surface area contributed by atoms with E-state index < -0.39 is 0 Å². The van der Waals surface area contributed by atoms with Gasteiger partial charge < -0.3 is 0 Å². The van der Waals surface area contributed by atoms with Gasteiger partial charge in [-0.2, -0.15) is 0 Å². The summed E-state index contributed by atoms with van der Waals surface area (Å²) < 4.78 is 0. The molecule has 0 aromatic carbocycles. The van der Waals surface area contributed by atoms with Gasteiger partial charge in [0.1, 0.15) is 0 Å². The zero-order valence-electron chi connectivity index (χ0n) is 1.22. The van der Waals surface area contributed by atoms with Crippen LogP contribution in [-0.4, -0.2) is 0 Å². The summed E-state index contributed by atoms with van der Waals surface area (Å²) in [5, 5.41) is 0. The SMILES string of the molecule is [Ag].[Ag].[Ag].[Pt]. The van der Waals surface area contributed by atoms with Crippen LogP contribution in [0.3, 0.4) is 0 Å². The van der Waals surface area contributed by atoms with Gasteiger partial charge in [-0.1, -0.05) is 0 Å². The first-order valence-electron chi connectivity index (χ1n) is 0. The predicted octanol–water partition coefficient (Wildman–Crippen LogP) is -0.0100. The Kier molecular flexibility index (Phi) is 120. The molecule has 0 aliphatic rings. The molecule has 4 heteroatoms. The van der Waals surface area contributed by atoms with Gasteiger partial charge in [-0.3, -0.25) is 0 Å². The maximum Gasteiger partial charge on any atom is 0 e. The molecule has 0 unspecified atom stereocenters. The van der Waals surface area contributed by atoms with Crippen molar-refractivity contribution in [3.8, 4) is 0 Å². The molecular formula is Ag3Pt. The van der Waals surface area contributed by atoms with Gasteiger partial charge in [-0.05, 0) is 0 Å². The quantitative estimate of drug-likeness (QED) is 0.396. The Balaban J connectivity index is 0. The van der Waals surface area contributed by atoms with Crippen molar-refractivity contribution >= 4 is 0 Å². The minimum atomic E-state index is 0. The van der Waals surface area contributed by atoms with E-state index in [1.807, 2.05) is 0 Å². The van der Waals surface area contributed by atoms with E-state index in [2.05, 4.69) is 0 Å². The fourth-order valence-electron chi connectivity index (χ4n) is 0. The number of hydrogen-bond acceptors (Lipinski definition) is 0. The molecule has 0 aliphatic heterocycles. The molecule has 4 heavy (non-hydrogen) atoms. The third-order valence-corrected chi connectivity index (χ3v) is 0. The Morgan fingerprint density at radius 2 is 0.500 bits per heavy atom. The Morgan fingerprint density at radius 1 is 0.500 bits per heavy atom. The molecule has 0 aromatic rings. The van der Waals surface area contributed by atoms with E-state index in [4.69, 9.17) is 0 Å². The van der Waals surface area contributed by atoms with E-state index in [9.17, 15) is 0 Å². The van der Waals surface area contributed by atoms with Gasteiger partial charge in [0.25, 0.3) is 0 Å². The van der Waals surface area contributed by atoms with Crippen LogP contribution in [0.25, 0.3) is 0 Å². The molecule has 0 aliphatic carbocycles. The fourth-order valence-corrected chi connectivity index (χ4v) is 0. The molecular weight excluding hydrogens is 519 g/mol. The Labute approximate surface area is 86.7 Å². The molecule has 0 saturated heterocycles. The average molecular weight is 519 g/mol. The summed E-state index contributed by atoms with van der Waals surface area (Å²) in [6, 6.07) is 0. The minimum absolute atomic E-state index is 0. The van der Waals surface area contributed by atoms with E-state index >= 15 is 0 Å². The van der Waals surface area contributed by atoms with E-state index in [1.165, 1.54) is 0 Å². The summed E-state index contributed by atoms with van der Waals surface area (Å²) >= 11 is 0. The minimum Gasteiger partial charge on any atom is 0 e. The van der Waals surface area contributed by atoms with Crippen LogP contribution in [0.4, 0.5) is 0 Å². The Hall–Kier alpha value is 2.91. The van der Waals surface area contributed by atoms with Gasteiger partial charge in [-0.15, -0.1) is 0 Å². The molecule has 0 atom stereocenters. The maximum absolute atomic E-state index is 0. The topological polar surface area (TPSA) is 0 Å². The summed E-state index contributed by atoms with van der Waals surface area (Å²) in [7, 11) is 0. The molecule has 0 N–H and O–H groups in total. The molecule has 0 aromatic heterocycles. The summed E-state index contributed by atoms with van der Waals surface area (Å²) in [5.41, 5.74) is 0. The van der Waals surface area contributed by atoms with Crippen LogP contribution in [0, 0.1) is 0 Å². The van der Waals surface area contributed by atoms with E-state index in [-0.39, 0.29) is 88.2 Å². The van der Waals surface area contributed by atoms with Crippen molar-refractivity contribution in [3.05, 3.63) is 0 Å². The third-order valence-electron chi connectivity index (χ3n) is 0. The second kappa shape index (κ2) is 16.8. The van der Waals surface area contributed by atoms with Gasteiger partial charge in [0.15, 0.2) is 0 Å². The summed E-state index contributed by atoms with van der Waals surface area (Å²) in [4.78, 5) is 0. The second-order valence-corrected chi connectivity index (χ2v) is 0. The van der Waals surface area contributed by atoms with Gasteiger partial charge >= 0.3 is 0 Å². The number of rotatable bonds is 0. The van der Waals surface area contributed by atoms with Crippen LogP contribution in [0.1, 0.15) is 0 Å². The van der Waals surface area contributed by atoms with E-state index in [0.29, 0.717) is 0 Å². The van der Waals surface area contributed by atoms with Crippen LogP contribution in [0.15, 0.2) is 0 Å². The summed E-state index contributed by atoms with van der Waals surface area (Å²) in [5.74, 6) is 0. The van der Waals surface area contributed by atoms with Crippen molar-refractivity contribution in [3.63, 3.8) is 0 Å². The second-order valence-electron chi connectivity index (χ2n) is 0. The van der Waals surface area contributed by atoms with Crippen LogP contribution < -0.4 is 0 Å². The van der Waals surface area contributed by atoms with Crippen molar-refractivity contribution in [2.45, 2.75) is 0 Å². The molecule has 43 valence electrons. The predicted molar refractivity (Wildman–Crippen MR) is 0 cm³/mol. The van der Waals surface area contributed by atoms with Crippen LogP contribution in [-0.2, 0) is 88.2 Å². The van der Waals surface area contributed by atoms with E-state index in [0.717, 1.165) is 0 Å². The van der Waals surface area contributed by atoms with Crippen molar-refractivity contribution in [1.82, 2.24) is 0 Å².